The van der Waals surface area contributed by atoms with Crippen LogP contribution in [0.5, 0.6) is 11.5 Å². The Hall–Kier alpha value is -1.52. The predicted molar refractivity (Wildman–Crippen MR) is 105 cm³/mol. The van der Waals surface area contributed by atoms with Gasteiger partial charge in [0.05, 0.1) is 5.25 Å². The number of halogens is 3. The number of benzene rings is 1. The highest BCUT2D eigenvalue weighted by atomic mass is 32.2. The summed E-state index contributed by atoms with van der Waals surface area (Å²) >= 11 is 0. The molecule has 1 N–H and O–H groups in total. The van der Waals surface area contributed by atoms with Crippen LogP contribution in [0.4, 0.5) is 13.2 Å². The number of ether oxygens (including phenoxy) is 2. The van der Waals surface area contributed by atoms with Crippen LogP contribution in [0.1, 0.15) is 39.5 Å². The van der Waals surface area contributed by atoms with Crippen molar-refractivity contribution in [3.8, 4) is 11.5 Å². The monoisotopic (exact) mass is 438 g/mol. The molecule has 0 bridgehead atoms. The number of rotatable bonds is 5. The van der Waals surface area contributed by atoms with Gasteiger partial charge in [-0.3, -0.25) is 0 Å². The SMILES string of the molecule is CC.O=S(=O)(C1CCNCC1)N1CCC(Oc2ccc(OC(F)(F)F)cc2)CC1. The molecule has 0 aromatic heterocycles. The van der Waals surface area contributed by atoms with Crippen molar-refractivity contribution in [3.63, 3.8) is 0 Å². The van der Waals surface area contributed by atoms with Gasteiger partial charge in [-0.05, 0) is 63.0 Å². The largest absolute Gasteiger partial charge is 0.573 e. The number of alkyl halides is 3. The van der Waals surface area contributed by atoms with Crippen molar-refractivity contribution in [1.29, 1.82) is 0 Å². The lowest BCUT2D eigenvalue weighted by Gasteiger charge is -2.35. The Morgan fingerprint density at radius 1 is 0.966 bits per heavy atom. The van der Waals surface area contributed by atoms with Gasteiger partial charge in [0.15, 0.2) is 0 Å². The van der Waals surface area contributed by atoms with E-state index in [1.165, 1.54) is 24.3 Å². The van der Waals surface area contributed by atoms with Crippen molar-refractivity contribution in [3.05, 3.63) is 24.3 Å². The Kier molecular flexibility index (Phi) is 8.59. The molecule has 29 heavy (non-hydrogen) atoms. The average molecular weight is 439 g/mol. The maximum absolute atomic E-state index is 12.7. The van der Waals surface area contributed by atoms with Crippen LogP contribution >= 0.6 is 0 Å². The molecule has 0 aliphatic carbocycles. The second-order valence-electron chi connectivity index (χ2n) is 6.73. The van der Waals surface area contributed by atoms with E-state index in [1.807, 2.05) is 13.8 Å². The smallest absolute Gasteiger partial charge is 0.490 e. The van der Waals surface area contributed by atoms with E-state index < -0.39 is 16.4 Å². The van der Waals surface area contributed by atoms with Gasteiger partial charge < -0.3 is 14.8 Å². The van der Waals surface area contributed by atoms with E-state index >= 15 is 0 Å². The number of nitrogens with one attached hydrogen (secondary N) is 1. The maximum Gasteiger partial charge on any atom is 0.573 e. The van der Waals surface area contributed by atoms with Crippen LogP contribution in [0.3, 0.4) is 0 Å². The standard InChI is InChI=1S/C17H23F3N2O4S.C2H6/c18-17(19,20)26-15-3-1-13(2-4-15)25-14-7-11-22(12-8-14)27(23,24)16-5-9-21-10-6-16;1-2/h1-4,14,16,21H,5-12H2;1-2H3. The fourth-order valence-corrected chi connectivity index (χ4v) is 5.39. The molecule has 0 spiro atoms. The zero-order valence-corrected chi connectivity index (χ0v) is 17.6. The Bertz CT molecular complexity index is 712. The lowest BCUT2D eigenvalue weighted by atomic mass is 10.1. The molecule has 0 amide bonds. The van der Waals surface area contributed by atoms with Crippen LogP contribution in [0.2, 0.25) is 0 Å². The van der Waals surface area contributed by atoms with Gasteiger partial charge >= 0.3 is 6.36 Å². The van der Waals surface area contributed by atoms with E-state index in [0.29, 0.717) is 44.5 Å². The van der Waals surface area contributed by atoms with Crippen molar-refractivity contribution in [2.45, 2.75) is 57.2 Å². The van der Waals surface area contributed by atoms with E-state index in [0.717, 1.165) is 13.1 Å². The summed E-state index contributed by atoms with van der Waals surface area (Å²) in [6, 6.07) is 5.22. The van der Waals surface area contributed by atoms with Crippen LogP contribution < -0.4 is 14.8 Å². The molecule has 2 aliphatic rings. The first kappa shape index (κ1) is 23.8. The predicted octanol–water partition coefficient (Wildman–Crippen LogP) is 3.54. The molecule has 2 aliphatic heterocycles. The van der Waals surface area contributed by atoms with Gasteiger partial charge in [-0.25, -0.2) is 12.7 Å². The summed E-state index contributed by atoms with van der Waals surface area (Å²) in [6.07, 6.45) is -2.54. The summed E-state index contributed by atoms with van der Waals surface area (Å²) in [7, 11) is -3.29. The van der Waals surface area contributed by atoms with Gasteiger partial charge in [-0.2, -0.15) is 0 Å². The zero-order valence-electron chi connectivity index (χ0n) is 16.7. The third-order valence-corrected chi connectivity index (χ3v) is 7.23. The van der Waals surface area contributed by atoms with Crippen molar-refractivity contribution < 1.29 is 31.1 Å². The molecule has 3 rings (SSSR count). The minimum Gasteiger partial charge on any atom is -0.490 e. The number of hydrogen-bond donors (Lipinski definition) is 1. The molecule has 1 aromatic rings. The molecule has 166 valence electrons. The molecule has 6 nitrogen and oxygen atoms in total. The molecular formula is C19H29F3N2O4S. The molecule has 0 unspecified atom stereocenters. The van der Waals surface area contributed by atoms with Crippen LogP contribution in [0.15, 0.2) is 24.3 Å². The Morgan fingerprint density at radius 2 is 1.48 bits per heavy atom. The first-order chi connectivity index (χ1) is 13.7. The van der Waals surface area contributed by atoms with Crippen molar-refractivity contribution in [1.82, 2.24) is 9.62 Å². The Morgan fingerprint density at radius 3 is 2.00 bits per heavy atom. The Labute approximate surface area is 170 Å². The molecule has 2 saturated heterocycles. The number of nitrogens with zero attached hydrogens (tertiary/aromatic N) is 1. The van der Waals surface area contributed by atoms with Crippen molar-refractivity contribution in [2.24, 2.45) is 0 Å². The molecule has 10 heteroatoms. The molecule has 1 aromatic carbocycles. The third kappa shape index (κ3) is 7.04. The summed E-state index contributed by atoms with van der Waals surface area (Å²) in [5.41, 5.74) is 0. The summed E-state index contributed by atoms with van der Waals surface area (Å²) in [5, 5.41) is 2.84. The minimum atomic E-state index is -4.73. The van der Waals surface area contributed by atoms with Gasteiger partial charge in [0.25, 0.3) is 0 Å². The highest BCUT2D eigenvalue weighted by Crippen LogP contribution is 2.27. The van der Waals surface area contributed by atoms with Crippen LogP contribution in [0, 0.1) is 0 Å². The average Bonchev–Trinajstić information content (AvgIpc) is 2.71. The van der Waals surface area contributed by atoms with E-state index in [-0.39, 0.29) is 17.1 Å². The van der Waals surface area contributed by atoms with Gasteiger partial charge in [0, 0.05) is 13.1 Å². The number of hydrogen-bond acceptors (Lipinski definition) is 5. The molecule has 2 fully saturated rings. The number of sulfonamides is 1. The van der Waals surface area contributed by atoms with Gasteiger partial charge in [-0.15, -0.1) is 13.2 Å². The van der Waals surface area contributed by atoms with E-state index in [9.17, 15) is 21.6 Å². The van der Waals surface area contributed by atoms with E-state index in [2.05, 4.69) is 10.1 Å². The first-order valence-corrected chi connectivity index (χ1v) is 11.5. The fraction of sp³-hybridized carbons (Fsp3) is 0.684. The Balaban J connectivity index is 0.00000145. The summed E-state index contributed by atoms with van der Waals surface area (Å²) in [6.45, 7) is 6.23. The summed E-state index contributed by atoms with van der Waals surface area (Å²) in [4.78, 5) is 0. The lowest BCUT2D eigenvalue weighted by molar-refractivity contribution is -0.274. The highest BCUT2D eigenvalue weighted by molar-refractivity contribution is 7.89. The van der Waals surface area contributed by atoms with Crippen LogP contribution in [-0.2, 0) is 10.0 Å². The first-order valence-electron chi connectivity index (χ1n) is 9.96. The van der Waals surface area contributed by atoms with Crippen molar-refractivity contribution in [2.75, 3.05) is 26.2 Å². The van der Waals surface area contributed by atoms with Crippen LogP contribution in [0.25, 0.3) is 0 Å². The third-order valence-electron chi connectivity index (χ3n) is 4.83. The lowest BCUT2D eigenvalue weighted by Crippen LogP contribution is -2.48. The second-order valence-corrected chi connectivity index (χ2v) is 8.94. The zero-order chi connectivity index (χ0) is 21.5. The minimum absolute atomic E-state index is 0.168. The topological polar surface area (TPSA) is 67.9 Å². The summed E-state index contributed by atoms with van der Waals surface area (Å²) in [5.74, 6) is 0.127. The van der Waals surface area contributed by atoms with Gasteiger partial charge in [0.1, 0.15) is 17.6 Å². The molecule has 0 atom stereocenters. The molecule has 2 heterocycles. The number of piperidine rings is 2. The molecule has 0 saturated carbocycles. The fourth-order valence-electron chi connectivity index (χ4n) is 3.42. The van der Waals surface area contributed by atoms with Gasteiger partial charge in [-0.1, -0.05) is 13.8 Å². The van der Waals surface area contributed by atoms with Crippen LogP contribution in [-0.4, -0.2) is 56.6 Å². The normalized spacial score (nSPS) is 19.9. The van der Waals surface area contributed by atoms with Crippen molar-refractivity contribution >= 4 is 10.0 Å². The second kappa shape index (κ2) is 10.5. The van der Waals surface area contributed by atoms with E-state index in [1.54, 1.807) is 4.31 Å². The maximum atomic E-state index is 12.7. The summed E-state index contributed by atoms with van der Waals surface area (Å²) < 4.78 is 73.1. The van der Waals surface area contributed by atoms with E-state index in [4.69, 9.17) is 4.74 Å². The van der Waals surface area contributed by atoms with Gasteiger partial charge in [0.2, 0.25) is 10.0 Å². The molecule has 0 radical (unpaired) electrons. The quantitative estimate of drug-likeness (QED) is 0.762. The highest BCUT2D eigenvalue weighted by Gasteiger charge is 2.35. The molecular weight excluding hydrogens is 409 g/mol.